The van der Waals surface area contributed by atoms with Crippen LogP contribution in [0.5, 0.6) is 0 Å². The van der Waals surface area contributed by atoms with Crippen LogP contribution in [0.15, 0.2) is 84.9 Å². The molecule has 2 atom stereocenters. The zero-order valence-electron chi connectivity index (χ0n) is 19.2. The number of fused-ring (bicyclic) bond motifs is 1. The summed E-state index contributed by atoms with van der Waals surface area (Å²) in [5.74, 6) is -0.733. The van der Waals surface area contributed by atoms with E-state index in [2.05, 4.69) is 24.3 Å². The minimum atomic E-state index is -4.53. The van der Waals surface area contributed by atoms with Gasteiger partial charge in [-0.2, -0.15) is 13.2 Å². The van der Waals surface area contributed by atoms with Crippen LogP contribution in [0.2, 0.25) is 0 Å². The van der Waals surface area contributed by atoms with E-state index in [1.807, 2.05) is 36.4 Å². The number of hydrogen-bond acceptors (Lipinski definition) is 2. The van der Waals surface area contributed by atoms with Crippen molar-refractivity contribution in [1.29, 1.82) is 0 Å². The van der Waals surface area contributed by atoms with Crippen molar-refractivity contribution < 1.29 is 22.8 Å². The molecule has 1 aliphatic carbocycles. The smallest absolute Gasteiger partial charge is 0.341 e. The predicted molar refractivity (Wildman–Crippen MR) is 127 cm³/mol. The summed E-state index contributed by atoms with van der Waals surface area (Å²) >= 11 is 0. The number of nitrogens with zero attached hydrogens (tertiary/aromatic N) is 1. The van der Waals surface area contributed by atoms with E-state index in [9.17, 15) is 22.8 Å². The molecule has 2 unspecified atom stereocenters. The minimum Gasteiger partial charge on any atom is -0.341 e. The van der Waals surface area contributed by atoms with E-state index in [1.54, 1.807) is 4.90 Å². The number of benzene rings is 3. The van der Waals surface area contributed by atoms with Gasteiger partial charge in [-0.25, -0.2) is 0 Å². The molecule has 1 amide bonds. The van der Waals surface area contributed by atoms with Crippen LogP contribution in [0, 0.1) is 11.8 Å². The first-order chi connectivity index (χ1) is 16.8. The molecule has 1 saturated heterocycles. The number of amides is 1. The van der Waals surface area contributed by atoms with E-state index < -0.39 is 17.2 Å². The van der Waals surface area contributed by atoms with Crippen molar-refractivity contribution in [1.82, 2.24) is 4.90 Å². The highest BCUT2D eigenvalue weighted by Gasteiger charge is 2.55. The predicted octanol–water partition coefficient (Wildman–Crippen LogP) is 5.67. The van der Waals surface area contributed by atoms with E-state index in [0.29, 0.717) is 19.4 Å². The summed E-state index contributed by atoms with van der Waals surface area (Å²) in [4.78, 5) is 27.9. The van der Waals surface area contributed by atoms with Gasteiger partial charge in [-0.3, -0.25) is 9.59 Å². The largest absolute Gasteiger partial charge is 0.416 e. The van der Waals surface area contributed by atoms with Crippen LogP contribution in [0.3, 0.4) is 0 Å². The van der Waals surface area contributed by atoms with Crippen molar-refractivity contribution in [3.05, 3.63) is 107 Å². The molecule has 2 aliphatic rings. The zero-order chi connectivity index (χ0) is 24.6. The highest BCUT2D eigenvalue weighted by molar-refractivity contribution is 5.86. The minimum absolute atomic E-state index is 0.0384. The molecule has 3 nitrogen and oxygen atoms in total. The van der Waals surface area contributed by atoms with Crippen LogP contribution >= 0.6 is 0 Å². The summed E-state index contributed by atoms with van der Waals surface area (Å²) in [5, 5.41) is 0. The number of likely N-dealkylation sites (tertiary alicyclic amines) is 1. The molecule has 3 aromatic carbocycles. The third-order valence-corrected chi connectivity index (χ3v) is 7.73. The number of halogens is 3. The van der Waals surface area contributed by atoms with Crippen molar-refractivity contribution in [3.8, 4) is 0 Å². The second kappa shape index (κ2) is 8.99. The van der Waals surface area contributed by atoms with Crippen LogP contribution in [-0.4, -0.2) is 29.7 Å². The molecular formula is C29H26F3NO2. The molecule has 0 bridgehead atoms. The van der Waals surface area contributed by atoms with Crippen LogP contribution in [0.25, 0.3) is 0 Å². The molecule has 3 aromatic rings. The highest BCUT2D eigenvalue weighted by atomic mass is 19.4. The number of carbonyl (C=O) groups excluding carboxylic acids is 2. The molecule has 0 radical (unpaired) electrons. The third-order valence-electron chi connectivity index (χ3n) is 7.73. The van der Waals surface area contributed by atoms with Crippen LogP contribution in [0.1, 0.15) is 35.1 Å². The topological polar surface area (TPSA) is 37.4 Å². The molecule has 0 N–H and O–H groups in total. The maximum atomic E-state index is 13.5. The van der Waals surface area contributed by atoms with Crippen LogP contribution in [0.4, 0.5) is 13.2 Å². The lowest BCUT2D eigenvalue weighted by Gasteiger charge is -2.45. The zero-order valence-corrected chi connectivity index (χ0v) is 19.2. The SMILES string of the molecule is O=C1CCC(c2ccccc2)(c2ccccc2)C2CN(C(=O)Cc3ccccc3C(F)(F)F)CC12. The Morgan fingerprint density at radius 2 is 1.43 bits per heavy atom. The summed E-state index contributed by atoms with van der Waals surface area (Å²) in [7, 11) is 0. The van der Waals surface area contributed by atoms with Gasteiger partial charge < -0.3 is 4.90 Å². The van der Waals surface area contributed by atoms with Gasteiger partial charge in [-0.15, -0.1) is 0 Å². The number of hydrogen-bond donors (Lipinski definition) is 0. The fourth-order valence-corrected chi connectivity index (χ4v) is 6.10. The lowest BCUT2D eigenvalue weighted by Crippen LogP contribution is -2.47. The van der Waals surface area contributed by atoms with E-state index >= 15 is 0 Å². The molecular weight excluding hydrogens is 451 g/mol. The van der Waals surface area contributed by atoms with Crippen molar-refractivity contribution in [2.45, 2.75) is 30.9 Å². The van der Waals surface area contributed by atoms with Gasteiger partial charge in [0, 0.05) is 36.8 Å². The summed E-state index contributed by atoms with van der Waals surface area (Å²) in [6.45, 7) is 0.588. The van der Waals surface area contributed by atoms with Crippen molar-refractivity contribution >= 4 is 11.7 Å². The molecule has 1 saturated carbocycles. The molecule has 0 spiro atoms. The number of Topliss-reactive ketones (excluding diaryl/α,β-unsaturated/α-hetero) is 1. The third kappa shape index (κ3) is 4.15. The first-order valence-electron chi connectivity index (χ1n) is 11.9. The number of alkyl halides is 3. The normalized spacial score (nSPS) is 21.6. The summed E-state index contributed by atoms with van der Waals surface area (Å²) in [6.07, 6.45) is -3.82. The van der Waals surface area contributed by atoms with Gasteiger partial charge in [0.05, 0.1) is 12.0 Å². The van der Waals surface area contributed by atoms with Crippen molar-refractivity contribution in [3.63, 3.8) is 0 Å². The molecule has 5 rings (SSSR count). The molecule has 6 heteroatoms. The lowest BCUT2D eigenvalue weighted by atomic mass is 9.56. The molecule has 180 valence electrons. The van der Waals surface area contributed by atoms with Gasteiger partial charge in [0.15, 0.2) is 0 Å². The van der Waals surface area contributed by atoms with Gasteiger partial charge in [-0.05, 0) is 29.2 Å². The van der Waals surface area contributed by atoms with E-state index in [1.165, 1.54) is 18.2 Å². The van der Waals surface area contributed by atoms with E-state index in [4.69, 9.17) is 0 Å². The summed E-state index contributed by atoms with van der Waals surface area (Å²) < 4.78 is 40.4. The van der Waals surface area contributed by atoms with E-state index in [-0.39, 0.29) is 42.1 Å². The fraction of sp³-hybridized carbons (Fsp3) is 0.310. The average molecular weight is 478 g/mol. The average Bonchev–Trinajstić information content (AvgIpc) is 3.33. The Hall–Kier alpha value is -3.41. The van der Waals surface area contributed by atoms with Crippen molar-refractivity contribution in [2.75, 3.05) is 13.1 Å². The second-order valence-corrected chi connectivity index (χ2v) is 9.51. The first kappa shape index (κ1) is 23.3. The Bertz CT molecular complexity index is 1180. The van der Waals surface area contributed by atoms with Gasteiger partial charge in [0.1, 0.15) is 5.78 Å². The van der Waals surface area contributed by atoms with E-state index in [0.717, 1.165) is 17.2 Å². The number of rotatable bonds is 4. The molecule has 2 fully saturated rings. The Kier molecular flexibility index (Phi) is 5.99. The number of carbonyl (C=O) groups is 2. The Labute approximate surface area is 202 Å². The maximum absolute atomic E-state index is 13.5. The monoisotopic (exact) mass is 477 g/mol. The molecule has 0 aromatic heterocycles. The van der Waals surface area contributed by atoms with Gasteiger partial charge in [-0.1, -0.05) is 78.9 Å². The fourth-order valence-electron chi connectivity index (χ4n) is 6.10. The van der Waals surface area contributed by atoms with Gasteiger partial charge in [0.25, 0.3) is 0 Å². The second-order valence-electron chi connectivity index (χ2n) is 9.51. The molecule has 1 heterocycles. The number of ketones is 1. The summed E-state index contributed by atoms with van der Waals surface area (Å²) in [6, 6.07) is 25.3. The molecule has 35 heavy (non-hydrogen) atoms. The quantitative estimate of drug-likeness (QED) is 0.486. The van der Waals surface area contributed by atoms with Crippen LogP contribution in [-0.2, 0) is 27.6 Å². The highest BCUT2D eigenvalue weighted by Crippen LogP contribution is 2.52. The van der Waals surface area contributed by atoms with Gasteiger partial charge in [0.2, 0.25) is 5.91 Å². The van der Waals surface area contributed by atoms with Crippen molar-refractivity contribution in [2.24, 2.45) is 11.8 Å². The molecule has 1 aliphatic heterocycles. The standard InChI is InChI=1S/C29H26F3NO2/c30-29(31,32)24-14-8-7-9-20(24)17-27(35)33-18-23-25(19-33)28(16-15-26(23)34,21-10-3-1-4-11-21)22-12-5-2-6-13-22/h1-14,23,25H,15-19H2. The Morgan fingerprint density at radius 3 is 2.03 bits per heavy atom. The summed E-state index contributed by atoms with van der Waals surface area (Å²) in [5.41, 5.74) is 0.934. The maximum Gasteiger partial charge on any atom is 0.416 e. The Balaban J connectivity index is 1.50. The Morgan fingerprint density at radius 1 is 0.857 bits per heavy atom. The van der Waals surface area contributed by atoms with Crippen LogP contribution < -0.4 is 0 Å². The van der Waals surface area contributed by atoms with Gasteiger partial charge >= 0.3 is 6.18 Å². The lowest BCUT2D eigenvalue weighted by molar-refractivity contribution is -0.138. The first-order valence-corrected chi connectivity index (χ1v) is 11.9.